The Morgan fingerprint density at radius 1 is 0.565 bits per heavy atom. The van der Waals surface area contributed by atoms with Crippen molar-refractivity contribution in [2.45, 2.75) is 40.5 Å². The largest absolute Gasteiger partial charge is 0.478 e. The summed E-state index contributed by atoms with van der Waals surface area (Å²) in [5.74, 6) is -4.33. The molecule has 0 saturated carbocycles. The zero-order chi connectivity index (χ0) is 35.1. The van der Waals surface area contributed by atoms with Crippen LogP contribution in [0.1, 0.15) is 59.5 Å². The van der Waals surface area contributed by atoms with E-state index in [9.17, 15) is 28.8 Å². The van der Waals surface area contributed by atoms with E-state index in [2.05, 4.69) is 0 Å². The molecule has 0 saturated heterocycles. The lowest BCUT2D eigenvalue weighted by Crippen LogP contribution is -2.20. The van der Waals surface area contributed by atoms with Crippen molar-refractivity contribution < 1.29 is 52.8 Å². The minimum absolute atomic E-state index is 0.148. The molecule has 1 amide bonds. The predicted molar refractivity (Wildman–Crippen MR) is 168 cm³/mol. The third-order valence-electron chi connectivity index (χ3n) is 6.68. The number of carboxylic acid groups (broad SMARTS) is 1. The van der Waals surface area contributed by atoms with Crippen LogP contribution in [-0.2, 0) is 51.0 Å². The SMILES string of the molecule is COC(=O)/C(Cc1ccc(C(=O)O)cc1)=C(\C(=O)OC)C(C)C.COC(=O)/C(Cc1ccc(C(N)=O)cc1)=C(\C(=O)OC)C(C)C. The summed E-state index contributed by atoms with van der Waals surface area (Å²) in [6.07, 6.45) is 0.337. The van der Waals surface area contributed by atoms with E-state index < -0.39 is 35.8 Å². The van der Waals surface area contributed by atoms with Crippen LogP contribution < -0.4 is 5.73 Å². The van der Waals surface area contributed by atoms with Gasteiger partial charge in [-0.05, 0) is 47.2 Å². The van der Waals surface area contributed by atoms with E-state index in [1.54, 1.807) is 64.1 Å². The van der Waals surface area contributed by atoms with E-state index in [0.717, 1.165) is 5.56 Å². The second-order valence-corrected chi connectivity index (χ2v) is 10.5. The van der Waals surface area contributed by atoms with Gasteiger partial charge < -0.3 is 29.8 Å². The van der Waals surface area contributed by atoms with E-state index in [4.69, 9.17) is 29.8 Å². The highest BCUT2D eigenvalue weighted by molar-refractivity contribution is 6.01. The molecule has 0 unspecified atom stereocenters. The van der Waals surface area contributed by atoms with Crippen LogP contribution >= 0.6 is 0 Å². The van der Waals surface area contributed by atoms with E-state index in [-0.39, 0.29) is 52.5 Å². The molecule has 0 aliphatic carbocycles. The second kappa shape index (κ2) is 18.5. The number of rotatable bonds is 12. The third-order valence-corrected chi connectivity index (χ3v) is 6.68. The lowest BCUT2D eigenvalue weighted by atomic mass is 9.92. The number of primary amides is 1. The molecule has 0 heterocycles. The average molecular weight is 640 g/mol. The van der Waals surface area contributed by atoms with Crippen molar-refractivity contribution in [2.24, 2.45) is 17.6 Å². The molecule has 2 aromatic rings. The summed E-state index contributed by atoms with van der Waals surface area (Å²) in [6, 6.07) is 12.6. The molecule has 2 rings (SSSR count). The summed E-state index contributed by atoms with van der Waals surface area (Å²) < 4.78 is 19.1. The third kappa shape index (κ3) is 11.0. The number of carboxylic acids is 1. The minimum atomic E-state index is -1.03. The number of esters is 4. The summed E-state index contributed by atoms with van der Waals surface area (Å²) in [5, 5.41) is 8.90. The first kappa shape index (κ1) is 38.8. The first-order valence-electron chi connectivity index (χ1n) is 14.1. The van der Waals surface area contributed by atoms with Gasteiger partial charge in [0.05, 0.1) is 56.3 Å². The topological polar surface area (TPSA) is 186 Å². The number of ether oxygens (including phenoxy) is 4. The molecule has 0 fully saturated rings. The molecular formula is C34H41NO11. The van der Waals surface area contributed by atoms with Gasteiger partial charge >= 0.3 is 29.8 Å². The summed E-state index contributed by atoms with van der Waals surface area (Å²) in [4.78, 5) is 70.1. The molecule has 248 valence electrons. The highest BCUT2D eigenvalue weighted by Gasteiger charge is 2.26. The monoisotopic (exact) mass is 639 g/mol. The number of benzene rings is 2. The van der Waals surface area contributed by atoms with Crippen LogP contribution in [0.2, 0.25) is 0 Å². The summed E-state index contributed by atoms with van der Waals surface area (Å²) in [5.41, 5.74) is 8.13. The van der Waals surface area contributed by atoms with Crippen LogP contribution in [0.5, 0.6) is 0 Å². The maximum Gasteiger partial charge on any atom is 0.335 e. The minimum Gasteiger partial charge on any atom is -0.478 e. The quantitative estimate of drug-likeness (QED) is 0.195. The highest BCUT2D eigenvalue weighted by atomic mass is 16.5. The molecule has 0 aliphatic rings. The van der Waals surface area contributed by atoms with Gasteiger partial charge in [0, 0.05) is 18.4 Å². The van der Waals surface area contributed by atoms with Gasteiger partial charge in [-0.15, -0.1) is 0 Å². The Hall–Kier alpha value is -5.26. The van der Waals surface area contributed by atoms with Crippen LogP contribution in [0.25, 0.3) is 0 Å². The van der Waals surface area contributed by atoms with Crippen LogP contribution in [-0.4, -0.2) is 69.3 Å². The van der Waals surface area contributed by atoms with Crippen molar-refractivity contribution in [2.75, 3.05) is 28.4 Å². The average Bonchev–Trinajstić information content (AvgIpc) is 3.03. The summed E-state index contributed by atoms with van der Waals surface area (Å²) >= 11 is 0. The van der Waals surface area contributed by atoms with E-state index >= 15 is 0 Å². The van der Waals surface area contributed by atoms with Crippen molar-refractivity contribution in [1.82, 2.24) is 0 Å². The van der Waals surface area contributed by atoms with Gasteiger partial charge in [-0.25, -0.2) is 24.0 Å². The number of hydrogen-bond donors (Lipinski definition) is 2. The fourth-order valence-corrected chi connectivity index (χ4v) is 4.40. The predicted octanol–water partition coefficient (Wildman–Crippen LogP) is 3.85. The van der Waals surface area contributed by atoms with Crippen molar-refractivity contribution in [3.8, 4) is 0 Å². The van der Waals surface area contributed by atoms with Crippen molar-refractivity contribution in [1.29, 1.82) is 0 Å². The zero-order valence-electron chi connectivity index (χ0n) is 27.3. The Morgan fingerprint density at radius 3 is 1.11 bits per heavy atom. The Balaban J connectivity index is 0.000000460. The Morgan fingerprint density at radius 2 is 0.870 bits per heavy atom. The number of methoxy groups -OCH3 is 4. The van der Waals surface area contributed by atoms with E-state index in [0.29, 0.717) is 11.1 Å². The lowest BCUT2D eigenvalue weighted by molar-refractivity contribution is -0.139. The molecule has 3 N–H and O–H groups in total. The molecule has 0 radical (unpaired) electrons. The Kier molecular flexibility index (Phi) is 15.6. The van der Waals surface area contributed by atoms with Crippen LogP contribution in [0.3, 0.4) is 0 Å². The Bertz CT molecular complexity index is 1370. The standard InChI is InChI=1S/C17H21NO5.C17H20O6/c2*1-10(2)14(17(21)23-4)13(16(20)22-3)9-11-5-7-12(8-6-11)15(18)19/h5-8,10H,9H2,1-4H3,(H2,18,19);5-8,10H,9H2,1-4H3,(H,18,19)/b2*14-13-. The molecule has 0 bridgehead atoms. The molecular weight excluding hydrogens is 598 g/mol. The van der Waals surface area contributed by atoms with Crippen molar-refractivity contribution in [3.05, 3.63) is 93.1 Å². The molecule has 12 nitrogen and oxygen atoms in total. The number of nitrogens with two attached hydrogens (primary N) is 1. The second-order valence-electron chi connectivity index (χ2n) is 10.5. The maximum atomic E-state index is 12.1. The number of carbonyl (C=O) groups is 6. The van der Waals surface area contributed by atoms with Gasteiger partial charge in [0.2, 0.25) is 5.91 Å². The van der Waals surface area contributed by atoms with Gasteiger partial charge in [0.15, 0.2) is 0 Å². The first-order valence-corrected chi connectivity index (χ1v) is 14.1. The fraction of sp³-hybridized carbons (Fsp3) is 0.353. The number of carbonyl (C=O) groups excluding carboxylic acids is 5. The highest BCUT2D eigenvalue weighted by Crippen LogP contribution is 2.23. The van der Waals surface area contributed by atoms with Crippen LogP contribution in [0.15, 0.2) is 70.8 Å². The first-order chi connectivity index (χ1) is 21.6. The molecule has 12 heteroatoms. The molecule has 0 aliphatic heterocycles. The smallest absolute Gasteiger partial charge is 0.335 e. The van der Waals surface area contributed by atoms with Crippen molar-refractivity contribution >= 4 is 35.8 Å². The van der Waals surface area contributed by atoms with Gasteiger partial charge in [-0.3, -0.25) is 4.79 Å². The molecule has 46 heavy (non-hydrogen) atoms. The summed E-state index contributed by atoms with van der Waals surface area (Å²) in [6.45, 7) is 7.15. The van der Waals surface area contributed by atoms with E-state index in [1.807, 2.05) is 0 Å². The van der Waals surface area contributed by atoms with Gasteiger partial charge in [0.1, 0.15) is 0 Å². The normalized spacial score (nSPS) is 11.7. The maximum absolute atomic E-state index is 12.1. The van der Waals surface area contributed by atoms with E-state index in [1.165, 1.54) is 40.6 Å². The summed E-state index contributed by atoms with van der Waals surface area (Å²) in [7, 11) is 5.02. The fourth-order valence-electron chi connectivity index (χ4n) is 4.40. The molecule has 2 aromatic carbocycles. The van der Waals surface area contributed by atoms with Crippen LogP contribution in [0, 0.1) is 11.8 Å². The molecule has 0 aromatic heterocycles. The molecule has 0 atom stereocenters. The van der Waals surface area contributed by atoms with Crippen LogP contribution in [0.4, 0.5) is 0 Å². The number of amides is 1. The lowest BCUT2D eigenvalue weighted by Gasteiger charge is -2.15. The zero-order valence-corrected chi connectivity index (χ0v) is 27.3. The van der Waals surface area contributed by atoms with Gasteiger partial charge in [0.25, 0.3) is 0 Å². The molecule has 0 spiro atoms. The van der Waals surface area contributed by atoms with Crippen molar-refractivity contribution in [3.63, 3.8) is 0 Å². The number of aromatic carboxylic acids is 1. The number of hydrogen-bond acceptors (Lipinski definition) is 10. The van der Waals surface area contributed by atoms with Gasteiger partial charge in [-0.2, -0.15) is 0 Å². The Labute approximate surface area is 268 Å². The van der Waals surface area contributed by atoms with Gasteiger partial charge in [-0.1, -0.05) is 52.0 Å².